The van der Waals surface area contributed by atoms with E-state index < -0.39 is 0 Å². The van der Waals surface area contributed by atoms with Crippen molar-refractivity contribution < 1.29 is 4.79 Å². The number of rotatable bonds is 8. The van der Waals surface area contributed by atoms with Crippen LogP contribution in [0.4, 0.5) is 5.13 Å². The predicted octanol–water partition coefficient (Wildman–Crippen LogP) is 7.53. The van der Waals surface area contributed by atoms with Crippen LogP contribution in [0.2, 0.25) is 0 Å². The van der Waals surface area contributed by atoms with E-state index in [4.69, 9.17) is 4.98 Å². The lowest BCUT2D eigenvalue weighted by atomic mass is 9.99. The Morgan fingerprint density at radius 1 is 0.838 bits per heavy atom. The van der Waals surface area contributed by atoms with Gasteiger partial charge in [0.2, 0.25) is 5.91 Å². The molecule has 7 heteroatoms. The molecule has 0 bridgehead atoms. The fraction of sp³-hybridized carbons (Fsp3) is 0.0667. The van der Waals surface area contributed by atoms with Gasteiger partial charge in [0.1, 0.15) is 11.1 Å². The van der Waals surface area contributed by atoms with Crippen LogP contribution < -0.4 is 5.32 Å². The molecule has 180 valence electrons. The maximum atomic E-state index is 12.6. The second-order valence-electron chi connectivity index (χ2n) is 8.13. The Labute approximate surface area is 223 Å². The van der Waals surface area contributed by atoms with Gasteiger partial charge in [-0.1, -0.05) is 91.0 Å². The van der Waals surface area contributed by atoms with Crippen LogP contribution in [0.15, 0.2) is 107 Å². The number of nitrogens with one attached hydrogen (secondary N) is 1. The number of carbonyl (C=O) groups is 1. The van der Waals surface area contributed by atoms with Crippen molar-refractivity contribution in [2.24, 2.45) is 0 Å². The monoisotopic (exact) mass is 518 g/mol. The Kier molecular flexibility index (Phi) is 7.70. The Bertz CT molecular complexity index is 1550. The molecule has 1 N–H and O–H groups in total. The lowest BCUT2D eigenvalue weighted by Crippen LogP contribution is -2.12. The topological polar surface area (TPSA) is 78.7 Å². The largest absolute Gasteiger partial charge is 0.302 e. The molecule has 37 heavy (non-hydrogen) atoms. The second kappa shape index (κ2) is 11.7. The first kappa shape index (κ1) is 24.4. The van der Waals surface area contributed by atoms with E-state index in [1.165, 1.54) is 23.1 Å². The van der Waals surface area contributed by atoms with E-state index in [1.54, 1.807) is 0 Å². The number of anilines is 1. The number of carbonyl (C=O) groups excluding carboxylic acids is 1. The van der Waals surface area contributed by atoms with E-state index in [0.29, 0.717) is 21.5 Å². The van der Waals surface area contributed by atoms with Gasteiger partial charge in [-0.15, -0.1) is 23.1 Å². The van der Waals surface area contributed by atoms with E-state index >= 15 is 0 Å². The second-order valence-corrected chi connectivity index (χ2v) is 10.1. The van der Waals surface area contributed by atoms with Crippen LogP contribution in [0.5, 0.6) is 0 Å². The molecule has 0 radical (unpaired) electrons. The normalized spacial score (nSPS) is 10.6. The minimum atomic E-state index is -0.123. The van der Waals surface area contributed by atoms with Crippen LogP contribution in [0.3, 0.4) is 0 Å². The van der Waals surface area contributed by atoms with Crippen LogP contribution in [0, 0.1) is 11.3 Å². The van der Waals surface area contributed by atoms with Gasteiger partial charge in [-0.25, -0.2) is 9.97 Å². The van der Waals surface area contributed by atoms with Crippen molar-refractivity contribution in [3.8, 4) is 39.7 Å². The zero-order valence-electron chi connectivity index (χ0n) is 19.8. The molecule has 0 aliphatic carbocycles. The van der Waals surface area contributed by atoms with Crippen molar-refractivity contribution >= 4 is 34.1 Å². The van der Waals surface area contributed by atoms with Gasteiger partial charge in [0.15, 0.2) is 5.13 Å². The molecular weight excluding hydrogens is 496 g/mol. The van der Waals surface area contributed by atoms with Crippen molar-refractivity contribution in [2.75, 3.05) is 11.1 Å². The Morgan fingerprint density at radius 2 is 1.43 bits per heavy atom. The molecule has 1 amide bonds. The smallest absolute Gasteiger partial charge is 0.226 e. The summed E-state index contributed by atoms with van der Waals surface area (Å²) < 4.78 is 0. The highest BCUT2D eigenvalue weighted by Gasteiger charge is 2.16. The minimum absolute atomic E-state index is 0.123. The highest BCUT2D eigenvalue weighted by atomic mass is 32.2. The minimum Gasteiger partial charge on any atom is -0.302 e. The number of thioether (sulfide) groups is 1. The van der Waals surface area contributed by atoms with Gasteiger partial charge in [0.25, 0.3) is 0 Å². The van der Waals surface area contributed by atoms with E-state index in [9.17, 15) is 10.1 Å². The first-order valence-corrected chi connectivity index (χ1v) is 13.6. The van der Waals surface area contributed by atoms with E-state index in [-0.39, 0.29) is 12.3 Å². The number of nitriles is 1. The Hall–Kier alpha value is -4.25. The third-order valence-corrected chi connectivity index (χ3v) is 7.38. The van der Waals surface area contributed by atoms with Crippen molar-refractivity contribution in [1.82, 2.24) is 9.97 Å². The number of nitrogens with zero attached hydrogens (tertiary/aromatic N) is 3. The SMILES string of the molecule is N#Cc1c(-c2ccccc2)cc(-c2ccccc2)nc1SCCC(=O)Nc1nc(-c2ccccc2)cs1. The molecule has 2 heterocycles. The van der Waals surface area contributed by atoms with Crippen LogP contribution >= 0.6 is 23.1 Å². The molecule has 0 spiro atoms. The molecule has 0 aliphatic heterocycles. The highest BCUT2D eigenvalue weighted by Crippen LogP contribution is 2.34. The Morgan fingerprint density at radius 3 is 2.05 bits per heavy atom. The summed E-state index contributed by atoms with van der Waals surface area (Å²) in [6, 6.07) is 33.9. The maximum Gasteiger partial charge on any atom is 0.226 e. The highest BCUT2D eigenvalue weighted by molar-refractivity contribution is 7.99. The number of amides is 1. The van der Waals surface area contributed by atoms with Crippen LogP contribution in [0.25, 0.3) is 33.6 Å². The average Bonchev–Trinajstić information content (AvgIpc) is 3.42. The van der Waals surface area contributed by atoms with Gasteiger partial charge in [-0.3, -0.25) is 4.79 Å². The quantitative estimate of drug-likeness (QED) is 0.215. The zero-order chi connectivity index (χ0) is 25.5. The first-order valence-electron chi connectivity index (χ1n) is 11.7. The Balaban J connectivity index is 1.32. The molecule has 3 aromatic carbocycles. The molecule has 5 aromatic rings. The van der Waals surface area contributed by atoms with Gasteiger partial charge in [0.05, 0.1) is 17.0 Å². The molecule has 0 fully saturated rings. The number of hydrogen-bond donors (Lipinski definition) is 1. The van der Waals surface area contributed by atoms with Gasteiger partial charge < -0.3 is 5.32 Å². The predicted molar refractivity (Wildman–Crippen MR) is 151 cm³/mol. The lowest BCUT2D eigenvalue weighted by Gasteiger charge is -2.12. The first-order chi connectivity index (χ1) is 18.2. The van der Waals surface area contributed by atoms with Gasteiger partial charge in [0, 0.05) is 34.2 Å². The molecule has 0 saturated heterocycles. The lowest BCUT2D eigenvalue weighted by molar-refractivity contribution is -0.115. The molecule has 5 nitrogen and oxygen atoms in total. The summed E-state index contributed by atoms with van der Waals surface area (Å²) in [6.07, 6.45) is 0.272. The van der Waals surface area contributed by atoms with Crippen molar-refractivity contribution in [3.05, 3.63) is 108 Å². The van der Waals surface area contributed by atoms with Crippen LogP contribution in [0.1, 0.15) is 12.0 Å². The number of thiazole rings is 1. The third-order valence-electron chi connectivity index (χ3n) is 5.64. The van der Waals surface area contributed by atoms with Crippen molar-refractivity contribution in [2.45, 2.75) is 11.4 Å². The summed E-state index contributed by atoms with van der Waals surface area (Å²) in [6.45, 7) is 0. The molecule has 0 saturated carbocycles. The van der Waals surface area contributed by atoms with Crippen LogP contribution in [-0.4, -0.2) is 21.6 Å². The number of pyridine rings is 1. The fourth-order valence-corrected chi connectivity index (χ4v) is 5.51. The standard InChI is InChI=1S/C30H22N4OS2/c31-19-25-24(21-10-4-1-5-11-21)18-26(22-12-6-2-7-13-22)32-29(25)36-17-16-28(35)34-30-33-27(20-37-30)23-14-8-3-9-15-23/h1-15,18,20H,16-17H2,(H,33,34,35). The van der Waals surface area contributed by atoms with E-state index in [1.807, 2.05) is 102 Å². The van der Waals surface area contributed by atoms with Crippen molar-refractivity contribution in [1.29, 1.82) is 5.26 Å². The number of hydrogen-bond acceptors (Lipinski definition) is 6. The summed E-state index contributed by atoms with van der Waals surface area (Å²) >= 11 is 2.82. The van der Waals surface area contributed by atoms with Crippen molar-refractivity contribution in [3.63, 3.8) is 0 Å². The van der Waals surface area contributed by atoms with Gasteiger partial charge in [-0.05, 0) is 11.6 Å². The molecular formula is C30H22N4OS2. The zero-order valence-corrected chi connectivity index (χ0v) is 21.4. The molecule has 0 aliphatic rings. The molecule has 5 rings (SSSR count). The number of benzene rings is 3. The van der Waals surface area contributed by atoms with E-state index in [0.717, 1.165) is 33.6 Å². The molecule has 0 unspecified atom stereocenters. The molecule has 0 atom stereocenters. The van der Waals surface area contributed by atoms with Gasteiger partial charge >= 0.3 is 0 Å². The summed E-state index contributed by atoms with van der Waals surface area (Å²) in [7, 11) is 0. The van der Waals surface area contributed by atoms with E-state index in [2.05, 4.69) is 16.4 Å². The molecule has 2 aromatic heterocycles. The summed E-state index contributed by atoms with van der Waals surface area (Å²) in [4.78, 5) is 22.0. The summed E-state index contributed by atoms with van der Waals surface area (Å²) in [5.74, 6) is 0.360. The summed E-state index contributed by atoms with van der Waals surface area (Å²) in [5, 5.41) is 16.0. The van der Waals surface area contributed by atoms with Gasteiger partial charge in [-0.2, -0.15) is 5.26 Å². The number of aromatic nitrogens is 2. The summed E-state index contributed by atoms with van der Waals surface area (Å²) in [5.41, 5.74) is 5.92. The average molecular weight is 519 g/mol. The van der Waals surface area contributed by atoms with Crippen LogP contribution in [-0.2, 0) is 4.79 Å². The fourth-order valence-electron chi connectivity index (χ4n) is 3.83. The maximum absolute atomic E-state index is 12.6. The third kappa shape index (κ3) is 5.95.